The molecule has 0 aliphatic rings. The number of hydrogen-bond donors (Lipinski definition) is 2. The fourth-order valence-electron chi connectivity index (χ4n) is 1.77. The topological polar surface area (TPSA) is 92.3 Å². The predicted octanol–water partition coefficient (Wildman–Crippen LogP) is 1.20. The lowest BCUT2D eigenvalue weighted by atomic mass is 10.1. The summed E-state index contributed by atoms with van der Waals surface area (Å²) in [5, 5.41) is 4.40. The number of anilines is 1. The molecule has 122 valence electrons. The Labute approximate surface area is 131 Å². The van der Waals surface area contributed by atoms with Crippen LogP contribution in [0.3, 0.4) is 0 Å². The first-order valence-electron chi connectivity index (χ1n) is 6.98. The molecular formula is C15H22N2O4S. The summed E-state index contributed by atoms with van der Waals surface area (Å²) >= 11 is 0. The maximum atomic E-state index is 12.0. The van der Waals surface area contributed by atoms with Crippen molar-refractivity contribution in [3.05, 3.63) is 30.3 Å². The van der Waals surface area contributed by atoms with Gasteiger partial charge in [0.15, 0.2) is 9.84 Å². The van der Waals surface area contributed by atoms with Gasteiger partial charge in [-0.2, -0.15) is 0 Å². The van der Waals surface area contributed by atoms with Crippen LogP contribution in [0, 0.1) is 5.92 Å². The van der Waals surface area contributed by atoms with E-state index >= 15 is 0 Å². The van der Waals surface area contributed by atoms with E-state index in [1.54, 1.807) is 31.2 Å². The average Bonchev–Trinajstić information content (AvgIpc) is 2.45. The highest BCUT2D eigenvalue weighted by molar-refractivity contribution is 7.91. The van der Waals surface area contributed by atoms with Gasteiger partial charge in [-0.3, -0.25) is 9.59 Å². The third-order valence-corrected chi connectivity index (χ3v) is 5.35. The van der Waals surface area contributed by atoms with Gasteiger partial charge in [-0.15, -0.1) is 0 Å². The van der Waals surface area contributed by atoms with Crippen LogP contribution in [-0.4, -0.2) is 37.8 Å². The number of carbonyl (C=O) groups is 2. The van der Waals surface area contributed by atoms with Crippen LogP contribution < -0.4 is 10.6 Å². The summed E-state index contributed by atoms with van der Waals surface area (Å²) in [6, 6.07) is 8.11. The molecule has 0 aliphatic heterocycles. The third-order valence-electron chi connectivity index (χ3n) is 3.59. The van der Waals surface area contributed by atoms with E-state index in [4.69, 9.17) is 0 Å². The van der Waals surface area contributed by atoms with E-state index in [9.17, 15) is 18.0 Å². The van der Waals surface area contributed by atoms with Gasteiger partial charge in [-0.1, -0.05) is 25.1 Å². The molecule has 7 heteroatoms. The summed E-state index contributed by atoms with van der Waals surface area (Å²) in [6.45, 7) is 4.56. The monoisotopic (exact) mass is 326 g/mol. The van der Waals surface area contributed by atoms with Crippen molar-refractivity contribution in [1.29, 1.82) is 0 Å². The highest BCUT2D eigenvalue weighted by Crippen LogP contribution is 2.12. The molecule has 0 fully saturated rings. The Morgan fingerprint density at radius 1 is 1.00 bits per heavy atom. The molecule has 0 aliphatic carbocycles. The number of amides is 2. The number of sulfone groups is 1. The number of para-hydroxylation sites is 1. The highest BCUT2D eigenvalue weighted by atomic mass is 32.2. The number of rotatable bonds is 6. The molecule has 0 spiro atoms. The zero-order chi connectivity index (χ0) is 16.9. The van der Waals surface area contributed by atoms with Crippen LogP contribution >= 0.6 is 0 Å². The van der Waals surface area contributed by atoms with Gasteiger partial charge in [0.1, 0.15) is 6.04 Å². The van der Waals surface area contributed by atoms with Gasteiger partial charge < -0.3 is 10.6 Å². The molecule has 2 N–H and O–H groups in total. The van der Waals surface area contributed by atoms with Crippen molar-refractivity contribution in [3.8, 4) is 0 Å². The van der Waals surface area contributed by atoms with Gasteiger partial charge in [-0.25, -0.2) is 8.42 Å². The molecule has 1 rings (SSSR count). The van der Waals surface area contributed by atoms with Crippen molar-refractivity contribution in [1.82, 2.24) is 5.32 Å². The molecule has 1 aromatic rings. The largest absolute Gasteiger partial charge is 0.344 e. The van der Waals surface area contributed by atoms with Crippen molar-refractivity contribution in [3.63, 3.8) is 0 Å². The molecule has 0 saturated heterocycles. The van der Waals surface area contributed by atoms with E-state index in [1.807, 2.05) is 6.07 Å². The lowest BCUT2D eigenvalue weighted by molar-refractivity contribution is -0.128. The Hall–Kier alpha value is -1.89. The average molecular weight is 326 g/mol. The standard InChI is InChI=1S/C15H22N2O4S/c1-10(12(3)22(4,20)21)14(18)16-11(2)15(19)17-13-8-6-5-7-9-13/h5-12H,1-4H3,(H,16,18)(H,17,19)/t10-,11-,12+/m0/s1. The van der Waals surface area contributed by atoms with Gasteiger partial charge in [0.2, 0.25) is 11.8 Å². The van der Waals surface area contributed by atoms with Crippen LogP contribution in [0.4, 0.5) is 5.69 Å². The summed E-state index contributed by atoms with van der Waals surface area (Å²) < 4.78 is 23.0. The van der Waals surface area contributed by atoms with Crippen LogP contribution in [0.15, 0.2) is 30.3 Å². The molecule has 0 bridgehead atoms. The molecule has 1 aromatic carbocycles. The SMILES string of the molecule is C[C@H](NC(=O)[C@@H](C)[C@@H](C)S(C)(=O)=O)C(=O)Nc1ccccc1. The molecule has 0 saturated carbocycles. The lowest BCUT2D eigenvalue weighted by Gasteiger charge is -2.20. The van der Waals surface area contributed by atoms with Crippen molar-refractivity contribution >= 4 is 27.3 Å². The first kappa shape index (κ1) is 18.2. The van der Waals surface area contributed by atoms with E-state index in [0.29, 0.717) is 5.69 Å². The van der Waals surface area contributed by atoms with E-state index in [-0.39, 0.29) is 5.91 Å². The fraction of sp³-hybridized carbons (Fsp3) is 0.467. The second-order valence-electron chi connectivity index (χ2n) is 5.41. The van der Waals surface area contributed by atoms with Gasteiger partial charge in [-0.05, 0) is 26.0 Å². The first-order chi connectivity index (χ1) is 10.1. The minimum absolute atomic E-state index is 0.362. The number of nitrogens with one attached hydrogen (secondary N) is 2. The minimum atomic E-state index is -3.31. The number of benzene rings is 1. The molecule has 0 unspecified atom stereocenters. The number of carbonyl (C=O) groups excluding carboxylic acids is 2. The van der Waals surface area contributed by atoms with Crippen molar-refractivity contribution in [2.24, 2.45) is 5.92 Å². The van der Waals surface area contributed by atoms with Crippen molar-refractivity contribution in [2.45, 2.75) is 32.1 Å². The van der Waals surface area contributed by atoms with Crippen LogP contribution in [-0.2, 0) is 19.4 Å². The zero-order valence-corrected chi connectivity index (χ0v) is 14.0. The Morgan fingerprint density at radius 3 is 2.05 bits per heavy atom. The van der Waals surface area contributed by atoms with Crippen LogP contribution in [0.5, 0.6) is 0 Å². The normalized spacial score (nSPS) is 15.5. The molecule has 2 amide bonds. The van der Waals surface area contributed by atoms with E-state index in [0.717, 1.165) is 6.26 Å². The summed E-state index contributed by atoms with van der Waals surface area (Å²) in [7, 11) is -3.31. The third kappa shape index (κ3) is 5.14. The van der Waals surface area contributed by atoms with Gasteiger partial charge >= 0.3 is 0 Å². The Bertz CT molecular complexity index is 628. The second-order valence-corrected chi connectivity index (χ2v) is 7.81. The Balaban J connectivity index is 2.62. The van der Waals surface area contributed by atoms with E-state index < -0.39 is 33.0 Å². The molecule has 0 heterocycles. The maximum Gasteiger partial charge on any atom is 0.246 e. The first-order valence-corrected chi connectivity index (χ1v) is 8.93. The van der Waals surface area contributed by atoms with Gasteiger partial charge in [0.05, 0.1) is 11.2 Å². The van der Waals surface area contributed by atoms with Crippen molar-refractivity contribution < 1.29 is 18.0 Å². The van der Waals surface area contributed by atoms with Crippen LogP contribution in [0.1, 0.15) is 20.8 Å². The second kappa shape index (κ2) is 7.40. The zero-order valence-electron chi connectivity index (χ0n) is 13.2. The Kier molecular flexibility index (Phi) is 6.11. The molecule has 0 aromatic heterocycles. The summed E-state index contributed by atoms with van der Waals surface area (Å²) in [5.41, 5.74) is 0.631. The Morgan fingerprint density at radius 2 is 1.55 bits per heavy atom. The van der Waals surface area contributed by atoms with Gasteiger partial charge in [0.25, 0.3) is 0 Å². The predicted molar refractivity (Wildman–Crippen MR) is 86.1 cm³/mol. The quantitative estimate of drug-likeness (QED) is 0.821. The van der Waals surface area contributed by atoms with Crippen LogP contribution in [0.2, 0.25) is 0 Å². The van der Waals surface area contributed by atoms with Crippen LogP contribution in [0.25, 0.3) is 0 Å². The molecule has 6 nitrogen and oxygen atoms in total. The summed E-state index contributed by atoms with van der Waals surface area (Å²) in [4.78, 5) is 24.0. The summed E-state index contributed by atoms with van der Waals surface area (Å²) in [6.07, 6.45) is 1.09. The lowest BCUT2D eigenvalue weighted by Crippen LogP contribution is -2.46. The van der Waals surface area contributed by atoms with Gasteiger partial charge in [0, 0.05) is 11.9 Å². The van der Waals surface area contributed by atoms with Crippen molar-refractivity contribution in [2.75, 3.05) is 11.6 Å². The smallest absolute Gasteiger partial charge is 0.246 e. The van der Waals surface area contributed by atoms with E-state index in [2.05, 4.69) is 10.6 Å². The molecule has 3 atom stereocenters. The molecule has 0 radical (unpaired) electrons. The molecule has 22 heavy (non-hydrogen) atoms. The number of hydrogen-bond acceptors (Lipinski definition) is 4. The minimum Gasteiger partial charge on any atom is -0.344 e. The van der Waals surface area contributed by atoms with E-state index in [1.165, 1.54) is 13.8 Å². The maximum absolute atomic E-state index is 12.0. The summed E-state index contributed by atoms with van der Waals surface area (Å²) in [5.74, 6) is -1.56. The fourth-order valence-corrected chi connectivity index (χ4v) is 2.63. The molecular weight excluding hydrogens is 304 g/mol. The highest BCUT2D eigenvalue weighted by Gasteiger charge is 2.29.